The Morgan fingerprint density at radius 2 is 2.39 bits per heavy atom. The van der Waals surface area contributed by atoms with Crippen LogP contribution in [0.25, 0.3) is 0 Å². The first-order valence-electron chi connectivity index (χ1n) is 4.84. The highest BCUT2D eigenvalue weighted by Gasteiger charge is 2.08. The van der Waals surface area contributed by atoms with E-state index in [0.717, 1.165) is 11.8 Å². The third-order valence-electron chi connectivity index (χ3n) is 1.69. The fourth-order valence-electron chi connectivity index (χ4n) is 1.03. The van der Waals surface area contributed by atoms with Crippen molar-refractivity contribution in [3.63, 3.8) is 0 Å². The Kier molecular flexibility index (Phi) is 4.10. The molecule has 0 bridgehead atoms. The molecular weight excluding hydrogens is 278 g/mol. The molecule has 96 valence electrons. The Hall–Kier alpha value is -1.68. The molecule has 2 aromatic heterocycles. The number of hydrogen-bond acceptors (Lipinski definition) is 9. The highest BCUT2D eigenvalue weighted by molar-refractivity contribution is 8.01. The maximum atomic E-state index is 10.4. The van der Waals surface area contributed by atoms with Gasteiger partial charge in [-0.1, -0.05) is 28.3 Å². The Labute approximate surface area is 110 Å². The van der Waals surface area contributed by atoms with Crippen molar-refractivity contribution in [3.8, 4) is 0 Å². The molecular formula is C8H9N5O3S2. The van der Waals surface area contributed by atoms with E-state index in [1.165, 1.54) is 11.3 Å². The lowest BCUT2D eigenvalue weighted by Gasteiger charge is -1.94. The standard InChI is InChI=1S/C8H9N5O3S2/c1-4-10-5(16-13-4)2-9-7-11-12-8(18-7)17-3-6(14)15/h2-3H2,1H3,(H,9,11)(H,14,15). The van der Waals surface area contributed by atoms with Crippen molar-refractivity contribution in [1.82, 2.24) is 20.3 Å². The third-order valence-corrected chi connectivity index (χ3v) is 3.69. The zero-order valence-electron chi connectivity index (χ0n) is 9.28. The van der Waals surface area contributed by atoms with Gasteiger partial charge in [-0.15, -0.1) is 10.2 Å². The highest BCUT2D eigenvalue weighted by atomic mass is 32.2. The van der Waals surface area contributed by atoms with Gasteiger partial charge in [0, 0.05) is 0 Å². The summed E-state index contributed by atoms with van der Waals surface area (Å²) in [6, 6.07) is 0. The van der Waals surface area contributed by atoms with Crippen molar-refractivity contribution in [2.75, 3.05) is 11.1 Å². The minimum Gasteiger partial charge on any atom is -0.481 e. The Morgan fingerprint density at radius 3 is 3.06 bits per heavy atom. The van der Waals surface area contributed by atoms with Crippen LogP contribution in [0, 0.1) is 6.92 Å². The maximum Gasteiger partial charge on any atom is 0.313 e. The molecule has 0 saturated carbocycles. The second-order valence-corrected chi connectivity index (χ2v) is 5.34. The predicted molar refractivity (Wildman–Crippen MR) is 64.6 cm³/mol. The third kappa shape index (κ3) is 3.67. The van der Waals surface area contributed by atoms with Crippen LogP contribution in [0.15, 0.2) is 8.86 Å². The van der Waals surface area contributed by atoms with E-state index < -0.39 is 5.97 Å². The monoisotopic (exact) mass is 287 g/mol. The first kappa shape index (κ1) is 12.8. The second kappa shape index (κ2) is 5.78. The molecule has 0 radical (unpaired) electrons. The molecule has 0 aliphatic carbocycles. The SMILES string of the molecule is Cc1noc(CNc2nnc(SCC(=O)O)s2)n1. The summed E-state index contributed by atoms with van der Waals surface area (Å²) in [5.74, 6) is 0.118. The molecule has 0 aliphatic heterocycles. The van der Waals surface area contributed by atoms with Crippen LogP contribution in [0.4, 0.5) is 5.13 Å². The summed E-state index contributed by atoms with van der Waals surface area (Å²) in [7, 11) is 0. The van der Waals surface area contributed by atoms with Crippen molar-refractivity contribution < 1.29 is 14.4 Å². The summed E-state index contributed by atoms with van der Waals surface area (Å²) >= 11 is 2.41. The average molecular weight is 287 g/mol. The largest absolute Gasteiger partial charge is 0.481 e. The van der Waals surface area contributed by atoms with E-state index in [1.807, 2.05) is 0 Å². The number of carboxylic acid groups (broad SMARTS) is 1. The van der Waals surface area contributed by atoms with E-state index >= 15 is 0 Å². The number of aromatic nitrogens is 4. The molecule has 2 aromatic rings. The Balaban J connectivity index is 1.84. The van der Waals surface area contributed by atoms with Crippen molar-refractivity contribution >= 4 is 34.2 Å². The van der Waals surface area contributed by atoms with Crippen LogP contribution in [0.1, 0.15) is 11.7 Å². The number of carboxylic acids is 1. The molecule has 10 heteroatoms. The molecule has 2 heterocycles. The summed E-state index contributed by atoms with van der Waals surface area (Å²) in [6.07, 6.45) is 0. The van der Waals surface area contributed by atoms with Gasteiger partial charge in [0.25, 0.3) is 0 Å². The summed E-state index contributed by atoms with van der Waals surface area (Å²) in [6.45, 7) is 2.09. The van der Waals surface area contributed by atoms with E-state index in [2.05, 4.69) is 25.7 Å². The Morgan fingerprint density at radius 1 is 1.56 bits per heavy atom. The molecule has 0 amide bonds. The van der Waals surface area contributed by atoms with Gasteiger partial charge in [0.15, 0.2) is 10.2 Å². The fourth-order valence-corrected chi connectivity index (χ4v) is 2.49. The number of hydrogen-bond donors (Lipinski definition) is 2. The van der Waals surface area contributed by atoms with Crippen molar-refractivity contribution in [1.29, 1.82) is 0 Å². The highest BCUT2D eigenvalue weighted by Crippen LogP contribution is 2.25. The first-order chi connectivity index (χ1) is 8.63. The zero-order chi connectivity index (χ0) is 13.0. The Bertz CT molecular complexity index is 540. The van der Waals surface area contributed by atoms with Gasteiger partial charge in [0.2, 0.25) is 11.0 Å². The quantitative estimate of drug-likeness (QED) is 0.751. The van der Waals surface area contributed by atoms with Gasteiger partial charge >= 0.3 is 5.97 Å². The average Bonchev–Trinajstić information content (AvgIpc) is 2.93. The molecule has 8 nitrogen and oxygen atoms in total. The number of anilines is 1. The van der Waals surface area contributed by atoms with Gasteiger partial charge in [-0.25, -0.2) is 0 Å². The van der Waals surface area contributed by atoms with Crippen LogP contribution in [-0.4, -0.2) is 37.2 Å². The molecule has 2 rings (SSSR count). The van der Waals surface area contributed by atoms with Gasteiger partial charge in [-0.05, 0) is 6.92 Å². The minimum absolute atomic E-state index is 0.0303. The van der Waals surface area contributed by atoms with Gasteiger partial charge in [0.1, 0.15) is 0 Å². The van der Waals surface area contributed by atoms with Crippen LogP contribution >= 0.6 is 23.1 Å². The lowest BCUT2D eigenvalue weighted by Crippen LogP contribution is -1.99. The maximum absolute atomic E-state index is 10.4. The number of nitrogens with zero attached hydrogens (tertiary/aromatic N) is 4. The summed E-state index contributed by atoms with van der Waals surface area (Å²) in [5, 5.41) is 23.4. The second-order valence-electron chi connectivity index (χ2n) is 3.14. The normalized spacial score (nSPS) is 10.5. The number of aliphatic carboxylic acids is 1. The molecule has 0 saturated heterocycles. The van der Waals surface area contributed by atoms with E-state index in [1.54, 1.807) is 6.92 Å². The van der Waals surface area contributed by atoms with Gasteiger partial charge in [0.05, 0.1) is 12.3 Å². The lowest BCUT2D eigenvalue weighted by atomic mass is 10.6. The summed E-state index contributed by atoms with van der Waals surface area (Å²) < 4.78 is 5.52. The van der Waals surface area contributed by atoms with Crippen LogP contribution in [-0.2, 0) is 11.3 Å². The molecule has 0 aromatic carbocycles. The molecule has 2 N–H and O–H groups in total. The van der Waals surface area contributed by atoms with Crippen LogP contribution in [0.5, 0.6) is 0 Å². The van der Waals surface area contributed by atoms with E-state index in [4.69, 9.17) is 9.63 Å². The van der Waals surface area contributed by atoms with Crippen LogP contribution in [0.3, 0.4) is 0 Å². The minimum atomic E-state index is -0.883. The van der Waals surface area contributed by atoms with Crippen molar-refractivity contribution in [3.05, 3.63) is 11.7 Å². The predicted octanol–water partition coefficient (Wildman–Crippen LogP) is 1.02. The number of nitrogens with one attached hydrogen (secondary N) is 1. The van der Waals surface area contributed by atoms with Gasteiger partial charge in [-0.2, -0.15) is 4.98 Å². The number of carbonyl (C=O) groups is 1. The number of rotatable bonds is 6. The van der Waals surface area contributed by atoms with Crippen LogP contribution < -0.4 is 5.32 Å². The van der Waals surface area contributed by atoms with E-state index in [0.29, 0.717) is 27.7 Å². The number of aryl methyl sites for hydroxylation is 1. The van der Waals surface area contributed by atoms with Gasteiger partial charge in [-0.3, -0.25) is 4.79 Å². The van der Waals surface area contributed by atoms with E-state index in [9.17, 15) is 4.79 Å². The van der Waals surface area contributed by atoms with Gasteiger partial charge < -0.3 is 14.9 Å². The van der Waals surface area contributed by atoms with E-state index in [-0.39, 0.29) is 5.75 Å². The van der Waals surface area contributed by atoms with Crippen molar-refractivity contribution in [2.24, 2.45) is 0 Å². The topological polar surface area (TPSA) is 114 Å². The number of thioether (sulfide) groups is 1. The molecule has 18 heavy (non-hydrogen) atoms. The molecule has 0 spiro atoms. The lowest BCUT2D eigenvalue weighted by molar-refractivity contribution is -0.133. The molecule has 0 unspecified atom stereocenters. The molecule has 0 atom stereocenters. The van der Waals surface area contributed by atoms with Crippen molar-refractivity contribution in [2.45, 2.75) is 17.8 Å². The summed E-state index contributed by atoms with van der Waals surface area (Å²) in [5.41, 5.74) is 0. The molecule has 0 fully saturated rings. The fraction of sp³-hybridized carbons (Fsp3) is 0.375. The first-order valence-corrected chi connectivity index (χ1v) is 6.65. The zero-order valence-corrected chi connectivity index (χ0v) is 10.9. The smallest absolute Gasteiger partial charge is 0.313 e. The van der Waals surface area contributed by atoms with Crippen LogP contribution in [0.2, 0.25) is 0 Å². The molecule has 0 aliphatic rings. The summed E-state index contributed by atoms with van der Waals surface area (Å²) in [4.78, 5) is 14.4.